The lowest BCUT2D eigenvalue weighted by Gasteiger charge is -2.41. The molecule has 4 saturated carbocycles. The van der Waals surface area contributed by atoms with Crippen LogP contribution in [-0.4, -0.2) is 55.4 Å². The first-order valence-corrected chi connectivity index (χ1v) is 18.0. The predicted octanol–water partition coefficient (Wildman–Crippen LogP) is 3.83. The highest BCUT2D eigenvalue weighted by Crippen LogP contribution is 2.61. The molecule has 0 aromatic heterocycles. The summed E-state index contributed by atoms with van der Waals surface area (Å²) in [5.41, 5.74) is 1.33. The van der Waals surface area contributed by atoms with E-state index in [2.05, 4.69) is 41.5 Å². The first-order chi connectivity index (χ1) is 16.9. The van der Waals surface area contributed by atoms with Crippen molar-refractivity contribution in [3.8, 4) is 0 Å². The van der Waals surface area contributed by atoms with Crippen molar-refractivity contribution >= 4 is 31.0 Å². The van der Waals surface area contributed by atoms with E-state index in [1.165, 1.54) is 64.2 Å². The fraction of sp³-hybridized carbons (Fsp3) is 1.00. The third-order valence-electron chi connectivity index (χ3n) is 11.0. The number of epoxide rings is 2. The third-order valence-corrected chi connectivity index (χ3v) is 12.9. The zero-order valence-corrected chi connectivity index (χ0v) is 30.1. The molecule has 6 rings (SSSR count). The van der Waals surface area contributed by atoms with Gasteiger partial charge in [-0.1, -0.05) is 41.5 Å². The maximum Gasteiger partial charge on any atom is 0.282 e. The molecule has 4 nitrogen and oxygen atoms in total. The Morgan fingerprint density at radius 2 is 1.06 bits per heavy atom. The van der Waals surface area contributed by atoms with Crippen LogP contribution in [0.2, 0.25) is 0 Å². The van der Waals surface area contributed by atoms with Crippen LogP contribution in [0.3, 0.4) is 0 Å². The quantitative estimate of drug-likeness (QED) is 0.273. The highest BCUT2D eigenvalue weighted by molar-refractivity contribution is 6.33. The molecule has 0 aromatic carbocycles. The van der Waals surface area contributed by atoms with Gasteiger partial charge in [0, 0.05) is 0 Å². The number of ether oxygens (including phenoxy) is 2. The third kappa shape index (κ3) is 6.28. The monoisotopic (exact) mass is 552 g/mol. The molecule has 10 atom stereocenters. The standard InChI is InChI=1S/C29H48O2.H8O2Si3/c1-27(2,9-7-17-11-19-13-21(17)25-23(19)30-25)15-29(5,6)16-28(3,4)10-8-18-12-20-14-22(18)26-24(20)31-26;3-1-5-2-4/h17-26H,7-16H2,1-6H3;5H2,3-4H3. The lowest BCUT2D eigenvalue weighted by atomic mass is 9.64. The van der Waals surface area contributed by atoms with Crippen molar-refractivity contribution in [2.75, 3.05) is 0 Å². The smallest absolute Gasteiger partial charge is 0.282 e. The lowest BCUT2D eigenvalue weighted by molar-refractivity contribution is 0.100. The Balaban J connectivity index is 0.000000489. The topological polar surface area (TPSA) is 43.5 Å². The Bertz CT molecular complexity index is 714. The van der Waals surface area contributed by atoms with Gasteiger partial charge in [-0.05, 0) is 116 Å². The Kier molecular flexibility index (Phi) is 8.16. The summed E-state index contributed by atoms with van der Waals surface area (Å²) >= 11 is 0. The molecule has 10 unspecified atom stereocenters. The summed E-state index contributed by atoms with van der Waals surface area (Å²) < 4.78 is 21.4. The predicted molar refractivity (Wildman–Crippen MR) is 156 cm³/mol. The minimum absolute atomic E-state index is 0.422. The SMILES string of the molecule is CC(C)(CCC1CC2CC1C1OC21)CC(C)(C)CC(C)(C)CCC1CC2CC1C1OC21.[SiH3]O[SiH2]O[SiH3]. The minimum Gasteiger partial charge on any atom is -0.449 e. The van der Waals surface area contributed by atoms with Gasteiger partial charge in [-0.25, -0.2) is 0 Å². The molecule has 7 heteroatoms. The summed E-state index contributed by atoms with van der Waals surface area (Å²) in [7, 11) is 1.27. The molecular weight excluding hydrogens is 497 g/mol. The van der Waals surface area contributed by atoms with E-state index >= 15 is 0 Å². The molecule has 0 spiro atoms. The van der Waals surface area contributed by atoms with Crippen LogP contribution in [0, 0.1) is 51.8 Å². The van der Waals surface area contributed by atoms with E-state index < -0.39 is 10.0 Å². The van der Waals surface area contributed by atoms with Gasteiger partial charge in [0.05, 0.1) is 24.4 Å². The number of rotatable bonds is 12. The molecule has 0 aromatic rings. The molecule has 2 heterocycles. The number of hydrogen-bond acceptors (Lipinski definition) is 4. The number of hydrogen-bond donors (Lipinski definition) is 0. The van der Waals surface area contributed by atoms with Gasteiger partial charge in [0.25, 0.3) is 10.0 Å². The molecular formula is C29H56O4Si3. The van der Waals surface area contributed by atoms with Gasteiger partial charge in [0.2, 0.25) is 0 Å². The second-order valence-electron chi connectivity index (χ2n) is 16.1. The fourth-order valence-electron chi connectivity index (χ4n) is 10.2. The second kappa shape index (κ2) is 10.5. The van der Waals surface area contributed by atoms with Gasteiger partial charge in [0.1, 0.15) is 21.0 Å². The van der Waals surface area contributed by atoms with Crippen LogP contribution in [0.15, 0.2) is 0 Å². The van der Waals surface area contributed by atoms with Crippen LogP contribution < -0.4 is 0 Å². The van der Waals surface area contributed by atoms with E-state index in [1.807, 2.05) is 0 Å². The average Bonchev–Trinajstić information content (AvgIpc) is 3.61. The van der Waals surface area contributed by atoms with Gasteiger partial charge in [-0.2, -0.15) is 0 Å². The molecule has 4 aliphatic carbocycles. The number of fused-ring (bicyclic) bond motifs is 10. The molecule has 0 N–H and O–H groups in total. The fourth-order valence-corrected chi connectivity index (χ4v) is 13.3. The molecule has 2 saturated heterocycles. The molecule has 0 amide bonds. The van der Waals surface area contributed by atoms with Crippen molar-refractivity contribution in [3.05, 3.63) is 0 Å². The van der Waals surface area contributed by atoms with Gasteiger partial charge < -0.3 is 17.7 Å². The van der Waals surface area contributed by atoms with Crippen molar-refractivity contribution in [2.24, 2.45) is 51.8 Å². The summed E-state index contributed by atoms with van der Waals surface area (Å²) in [5.74, 6) is 5.61. The highest BCUT2D eigenvalue weighted by atomic mass is 28.3. The van der Waals surface area contributed by atoms with Crippen molar-refractivity contribution in [1.29, 1.82) is 0 Å². The molecule has 6 fully saturated rings. The first-order valence-electron chi connectivity index (χ1n) is 15.2. The van der Waals surface area contributed by atoms with Crippen molar-refractivity contribution in [1.82, 2.24) is 0 Å². The van der Waals surface area contributed by atoms with Crippen LogP contribution in [0.25, 0.3) is 0 Å². The van der Waals surface area contributed by atoms with Gasteiger partial charge in [-0.15, -0.1) is 0 Å². The Labute approximate surface area is 230 Å². The molecule has 6 aliphatic rings. The van der Waals surface area contributed by atoms with Crippen molar-refractivity contribution in [3.63, 3.8) is 0 Å². The Hall–Kier alpha value is 0.491. The normalized spacial score (nSPS) is 42.2. The van der Waals surface area contributed by atoms with Gasteiger partial charge >= 0.3 is 0 Å². The maximum absolute atomic E-state index is 5.91. The molecule has 208 valence electrons. The highest BCUT2D eigenvalue weighted by Gasteiger charge is 2.63. The molecule has 4 bridgehead atoms. The van der Waals surface area contributed by atoms with E-state index in [1.54, 1.807) is 0 Å². The Morgan fingerprint density at radius 1 is 0.639 bits per heavy atom. The summed E-state index contributed by atoms with van der Waals surface area (Å²) in [5, 5.41) is 0. The van der Waals surface area contributed by atoms with E-state index in [0.29, 0.717) is 40.7 Å². The van der Waals surface area contributed by atoms with Crippen LogP contribution in [0.1, 0.15) is 106 Å². The van der Waals surface area contributed by atoms with Gasteiger partial charge in [0.15, 0.2) is 0 Å². The van der Waals surface area contributed by atoms with E-state index in [4.69, 9.17) is 17.7 Å². The van der Waals surface area contributed by atoms with Crippen molar-refractivity contribution in [2.45, 2.75) is 130 Å². The maximum atomic E-state index is 5.91. The first kappa shape index (κ1) is 28.0. The Morgan fingerprint density at radius 3 is 1.36 bits per heavy atom. The molecule has 2 aliphatic heterocycles. The summed E-state index contributed by atoms with van der Waals surface area (Å²) in [6.07, 6.45) is 17.0. The lowest BCUT2D eigenvalue weighted by Crippen LogP contribution is -2.30. The van der Waals surface area contributed by atoms with E-state index in [-0.39, 0.29) is 0 Å². The zero-order chi connectivity index (χ0) is 25.9. The van der Waals surface area contributed by atoms with E-state index in [0.717, 1.165) is 56.5 Å². The van der Waals surface area contributed by atoms with E-state index in [9.17, 15) is 0 Å². The summed E-state index contributed by atoms with van der Waals surface area (Å²) in [6.45, 7) is 15.3. The van der Waals surface area contributed by atoms with Crippen LogP contribution in [-0.2, 0) is 17.7 Å². The zero-order valence-electron chi connectivity index (χ0n) is 24.7. The van der Waals surface area contributed by atoms with Crippen LogP contribution in [0.5, 0.6) is 0 Å². The van der Waals surface area contributed by atoms with Crippen molar-refractivity contribution < 1.29 is 17.7 Å². The molecule has 0 radical (unpaired) electrons. The summed E-state index contributed by atoms with van der Waals surface area (Å²) in [4.78, 5) is 0. The largest absolute Gasteiger partial charge is 0.449 e. The second-order valence-corrected chi connectivity index (χ2v) is 20.9. The summed E-state index contributed by atoms with van der Waals surface area (Å²) in [6, 6.07) is 0. The van der Waals surface area contributed by atoms with Crippen LogP contribution in [0.4, 0.5) is 0 Å². The van der Waals surface area contributed by atoms with Gasteiger partial charge in [-0.3, -0.25) is 0 Å². The van der Waals surface area contributed by atoms with Crippen LogP contribution >= 0.6 is 0 Å². The molecule has 36 heavy (non-hydrogen) atoms. The average molecular weight is 553 g/mol. The minimum atomic E-state index is -0.444.